The summed E-state index contributed by atoms with van der Waals surface area (Å²) in [5, 5.41) is 4.21. The van der Waals surface area contributed by atoms with Gasteiger partial charge in [0.1, 0.15) is 0 Å². The first-order chi connectivity index (χ1) is 11.3. The van der Waals surface area contributed by atoms with E-state index in [9.17, 15) is 4.79 Å². The Hall–Kier alpha value is -1.46. The number of benzene rings is 1. The standard InChI is InChI=1S/C18H24N2O2S/c1-22-12-6-11-19-17(21)13-7-2-3-8-14(13)18-20-15-9-4-5-10-16(15)23-18/h4-5,9-10,13-14H,2-3,6-8,11-12H2,1H3,(H,19,21). The average molecular weight is 332 g/mol. The summed E-state index contributed by atoms with van der Waals surface area (Å²) in [5.74, 6) is 0.514. The molecule has 1 heterocycles. The van der Waals surface area contributed by atoms with Crippen LogP contribution in [0.4, 0.5) is 0 Å². The van der Waals surface area contributed by atoms with Gasteiger partial charge in [-0.25, -0.2) is 4.98 Å². The molecule has 0 saturated heterocycles. The van der Waals surface area contributed by atoms with E-state index in [0.29, 0.717) is 13.2 Å². The molecule has 1 N–H and O–H groups in total. The summed E-state index contributed by atoms with van der Waals surface area (Å²) in [5.41, 5.74) is 1.05. The Morgan fingerprint density at radius 2 is 2.17 bits per heavy atom. The van der Waals surface area contributed by atoms with Crippen LogP contribution in [0.1, 0.15) is 43.0 Å². The van der Waals surface area contributed by atoms with E-state index < -0.39 is 0 Å². The van der Waals surface area contributed by atoms with Gasteiger partial charge in [-0.15, -0.1) is 11.3 Å². The van der Waals surface area contributed by atoms with Gasteiger partial charge in [-0.3, -0.25) is 4.79 Å². The zero-order valence-electron chi connectivity index (χ0n) is 13.6. The fraction of sp³-hybridized carbons (Fsp3) is 0.556. The normalized spacial score (nSPS) is 21.4. The molecule has 1 aliphatic carbocycles. The second-order valence-corrected chi connectivity index (χ2v) is 7.22. The quantitative estimate of drug-likeness (QED) is 0.820. The fourth-order valence-corrected chi connectivity index (χ4v) is 4.52. The molecular weight excluding hydrogens is 308 g/mol. The molecule has 1 aliphatic rings. The minimum Gasteiger partial charge on any atom is -0.385 e. The van der Waals surface area contributed by atoms with Crippen molar-refractivity contribution in [2.45, 2.75) is 38.0 Å². The maximum Gasteiger partial charge on any atom is 0.223 e. The molecule has 1 fully saturated rings. The Kier molecular flexibility index (Phi) is 5.62. The number of hydrogen-bond donors (Lipinski definition) is 1. The predicted octanol–water partition coefficient (Wildman–Crippen LogP) is 3.72. The van der Waals surface area contributed by atoms with Gasteiger partial charge < -0.3 is 10.1 Å². The van der Waals surface area contributed by atoms with E-state index >= 15 is 0 Å². The third kappa shape index (κ3) is 3.90. The van der Waals surface area contributed by atoms with Crippen LogP contribution in [0.3, 0.4) is 0 Å². The first kappa shape index (κ1) is 16.4. The number of carbonyl (C=O) groups excluding carboxylic acids is 1. The number of amides is 1. The molecule has 2 atom stereocenters. The summed E-state index contributed by atoms with van der Waals surface area (Å²) in [7, 11) is 1.69. The lowest BCUT2D eigenvalue weighted by atomic mass is 9.79. The maximum absolute atomic E-state index is 12.6. The molecule has 2 unspecified atom stereocenters. The molecule has 1 aromatic carbocycles. The molecular formula is C18H24N2O2S. The summed E-state index contributed by atoms with van der Waals surface area (Å²) < 4.78 is 6.25. The van der Waals surface area contributed by atoms with Crippen LogP contribution in [-0.4, -0.2) is 31.2 Å². The number of para-hydroxylation sites is 1. The van der Waals surface area contributed by atoms with E-state index in [0.717, 1.165) is 36.2 Å². The minimum atomic E-state index is 0.0619. The second-order valence-electron chi connectivity index (χ2n) is 6.15. The SMILES string of the molecule is COCCCNC(=O)C1CCCCC1c1nc2ccccc2s1. The van der Waals surface area contributed by atoms with E-state index in [1.807, 2.05) is 12.1 Å². The molecule has 1 saturated carbocycles. The Morgan fingerprint density at radius 3 is 3.00 bits per heavy atom. The molecule has 0 aliphatic heterocycles. The van der Waals surface area contributed by atoms with Crippen molar-refractivity contribution in [2.24, 2.45) is 5.92 Å². The molecule has 0 spiro atoms. The van der Waals surface area contributed by atoms with Gasteiger partial charge >= 0.3 is 0 Å². The lowest BCUT2D eigenvalue weighted by Crippen LogP contribution is -2.36. The Bertz CT molecular complexity index is 622. The van der Waals surface area contributed by atoms with Crippen molar-refractivity contribution < 1.29 is 9.53 Å². The average Bonchev–Trinajstić information content (AvgIpc) is 3.02. The molecule has 124 valence electrons. The fourth-order valence-electron chi connectivity index (χ4n) is 3.35. The van der Waals surface area contributed by atoms with Gasteiger partial charge in [0.25, 0.3) is 0 Å². The molecule has 2 aromatic rings. The van der Waals surface area contributed by atoms with Gasteiger partial charge in [0.15, 0.2) is 0 Å². The summed E-state index contributed by atoms with van der Waals surface area (Å²) in [4.78, 5) is 17.4. The highest BCUT2D eigenvalue weighted by atomic mass is 32.1. The second kappa shape index (κ2) is 7.88. The molecule has 0 radical (unpaired) electrons. The van der Waals surface area contributed by atoms with Gasteiger partial charge in [-0.2, -0.15) is 0 Å². The number of nitrogens with zero attached hydrogens (tertiary/aromatic N) is 1. The third-order valence-corrected chi connectivity index (χ3v) is 5.72. The number of rotatable bonds is 6. The van der Waals surface area contributed by atoms with Crippen molar-refractivity contribution in [3.63, 3.8) is 0 Å². The zero-order valence-corrected chi connectivity index (χ0v) is 14.4. The van der Waals surface area contributed by atoms with E-state index in [1.165, 1.54) is 11.1 Å². The van der Waals surface area contributed by atoms with Gasteiger partial charge in [-0.05, 0) is 31.4 Å². The molecule has 3 rings (SSSR count). The van der Waals surface area contributed by atoms with Crippen LogP contribution in [-0.2, 0) is 9.53 Å². The van der Waals surface area contributed by atoms with Crippen molar-refractivity contribution >= 4 is 27.5 Å². The number of fused-ring (bicyclic) bond motifs is 1. The largest absolute Gasteiger partial charge is 0.385 e. The lowest BCUT2D eigenvalue weighted by molar-refractivity contribution is -0.126. The monoisotopic (exact) mass is 332 g/mol. The van der Waals surface area contributed by atoms with Crippen molar-refractivity contribution in [2.75, 3.05) is 20.3 Å². The van der Waals surface area contributed by atoms with Crippen LogP contribution in [0, 0.1) is 5.92 Å². The third-order valence-electron chi connectivity index (χ3n) is 4.55. The number of aromatic nitrogens is 1. The van der Waals surface area contributed by atoms with E-state index in [-0.39, 0.29) is 17.7 Å². The van der Waals surface area contributed by atoms with Gasteiger partial charge in [0, 0.05) is 32.1 Å². The minimum absolute atomic E-state index is 0.0619. The van der Waals surface area contributed by atoms with Crippen molar-refractivity contribution in [1.29, 1.82) is 0 Å². The smallest absolute Gasteiger partial charge is 0.223 e. The highest BCUT2D eigenvalue weighted by Crippen LogP contribution is 2.40. The van der Waals surface area contributed by atoms with Crippen LogP contribution >= 0.6 is 11.3 Å². The Labute approximate surface area is 141 Å². The number of thiazole rings is 1. The molecule has 4 nitrogen and oxygen atoms in total. The van der Waals surface area contributed by atoms with Crippen LogP contribution in [0.5, 0.6) is 0 Å². The number of hydrogen-bond acceptors (Lipinski definition) is 4. The molecule has 0 bridgehead atoms. The summed E-state index contributed by atoms with van der Waals surface area (Å²) in [6.07, 6.45) is 5.22. The van der Waals surface area contributed by atoms with E-state index in [4.69, 9.17) is 9.72 Å². The van der Waals surface area contributed by atoms with Gasteiger partial charge in [0.2, 0.25) is 5.91 Å². The van der Waals surface area contributed by atoms with Crippen molar-refractivity contribution in [3.05, 3.63) is 29.3 Å². The Morgan fingerprint density at radius 1 is 1.35 bits per heavy atom. The van der Waals surface area contributed by atoms with Crippen LogP contribution in [0.2, 0.25) is 0 Å². The van der Waals surface area contributed by atoms with E-state index in [1.54, 1.807) is 18.4 Å². The highest BCUT2D eigenvalue weighted by molar-refractivity contribution is 7.18. The van der Waals surface area contributed by atoms with Gasteiger partial charge in [0.05, 0.1) is 15.2 Å². The Balaban J connectivity index is 1.71. The first-order valence-electron chi connectivity index (χ1n) is 8.41. The molecule has 1 amide bonds. The molecule has 23 heavy (non-hydrogen) atoms. The topological polar surface area (TPSA) is 51.2 Å². The number of carbonyl (C=O) groups is 1. The van der Waals surface area contributed by atoms with Crippen molar-refractivity contribution in [3.8, 4) is 0 Å². The molecule has 1 aromatic heterocycles. The highest BCUT2D eigenvalue weighted by Gasteiger charge is 2.33. The van der Waals surface area contributed by atoms with E-state index in [2.05, 4.69) is 17.4 Å². The van der Waals surface area contributed by atoms with Gasteiger partial charge in [-0.1, -0.05) is 25.0 Å². The molecule has 5 heteroatoms. The van der Waals surface area contributed by atoms with Crippen LogP contribution in [0.15, 0.2) is 24.3 Å². The summed E-state index contributed by atoms with van der Waals surface area (Å²) in [6, 6.07) is 8.23. The van der Waals surface area contributed by atoms with Crippen LogP contribution in [0.25, 0.3) is 10.2 Å². The van der Waals surface area contributed by atoms with Crippen molar-refractivity contribution in [1.82, 2.24) is 10.3 Å². The number of methoxy groups -OCH3 is 1. The first-order valence-corrected chi connectivity index (χ1v) is 9.23. The van der Waals surface area contributed by atoms with Crippen LogP contribution < -0.4 is 5.32 Å². The summed E-state index contributed by atoms with van der Waals surface area (Å²) in [6.45, 7) is 1.38. The number of nitrogens with one attached hydrogen (secondary N) is 1. The predicted molar refractivity (Wildman–Crippen MR) is 93.8 cm³/mol. The number of ether oxygens (including phenoxy) is 1. The summed E-state index contributed by atoms with van der Waals surface area (Å²) >= 11 is 1.75. The lowest BCUT2D eigenvalue weighted by Gasteiger charge is -2.29. The zero-order chi connectivity index (χ0) is 16.1. The maximum atomic E-state index is 12.6.